The third-order valence-corrected chi connectivity index (χ3v) is 3.09. The molecule has 3 heterocycles. The lowest BCUT2D eigenvalue weighted by atomic mass is 10.3. The largest absolute Gasteiger partial charge is 0.368 e. The van der Waals surface area contributed by atoms with Crippen molar-refractivity contribution in [3.05, 3.63) is 30.7 Å². The lowest BCUT2D eigenvalue weighted by Gasteiger charge is -1.91. The number of anilines is 1. The Morgan fingerprint density at radius 2 is 2.12 bits per heavy atom. The van der Waals surface area contributed by atoms with Crippen molar-refractivity contribution in [1.29, 1.82) is 0 Å². The second-order valence-corrected chi connectivity index (χ2v) is 4.16. The molecule has 0 saturated carbocycles. The number of nitrogens with zero attached hydrogens (tertiary/aromatic N) is 4. The highest BCUT2D eigenvalue weighted by molar-refractivity contribution is 7.21. The summed E-state index contributed by atoms with van der Waals surface area (Å²) < 4.78 is 0. The zero-order valence-electron chi connectivity index (χ0n) is 8.16. The van der Waals surface area contributed by atoms with Gasteiger partial charge in [-0.05, 0) is 12.1 Å². The first-order valence-corrected chi connectivity index (χ1v) is 5.44. The van der Waals surface area contributed by atoms with Crippen molar-refractivity contribution in [3.63, 3.8) is 0 Å². The first-order chi connectivity index (χ1) is 7.83. The second-order valence-electron chi connectivity index (χ2n) is 3.18. The lowest BCUT2D eigenvalue weighted by Crippen LogP contribution is -1.92. The Bertz CT molecular complexity index is 634. The minimum atomic E-state index is 0.272. The van der Waals surface area contributed by atoms with Crippen molar-refractivity contribution in [1.82, 2.24) is 19.9 Å². The predicted molar refractivity (Wildman–Crippen MR) is 62.9 cm³/mol. The summed E-state index contributed by atoms with van der Waals surface area (Å²) in [5.74, 6) is 0.272. The van der Waals surface area contributed by atoms with Gasteiger partial charge >= 0.3 is 0 Å². The van der Waals surface area contributed by atoms with Crippen LogP contribution in [0.1, 0.15) is 0 Å². The molecule has 2 N–H and O–H groups in total. The average molecular weight is 229 g/mol. The van der Waals surface area contributed by atoms with E-state index in [9.17, 15) is 0 Å². The molecule has 0 aliphatic rings. The molecule has 0 fully saturated rings. The molecule has 5 nitrogen and oxygen atoms in total. The maximum atomic E-state index is 5.52. The summed E-state index contributed by atoms with van der Waals surface area (Å²) in [6.07, 6.45) is 5.14. The van der Waals surface area contributed by atoms with Gasteiger partial charge < -0.3 is 5.73 Å². The van der Waals surface area contributed by atoms with E-state index in [-0.39, 0.29) is 5.95 Å². The fourth-order valence-corrected chi connectivity index (χ4v) is 2.27. The van der Waals surface area contributed by atoms with E-state index >= 15 is 0 Å². The van der Waals surface area contributed by atoms with Gasteiger partial charge in [0, 0.05) is 18.0 Å². The highest BCUT2D eigenvalue weighted by Crippen LogP contribution is 2.27. The zero-order valence-corrected chi connectivity index (χ0v) is 8.98. The molecule has 0 aromatic carbocycles. The molecule has 0 amide bonds. The summed E-state index contributed by atoms with van der Waals surface area (Å²) in [7, 11) is 0. The maximum Gasteiger partial charge on any atom is 0.221 e. The van der Waals surface area contributed by atoms with Gasteiger partial charge in [-0.15, -0.1) is 0 Å². The van der Waals surface area contributed by atoms with Crippen LogP contribution < -0.4 is 5.73 Å². The summed E-state index contributed by atoms with van der Waals surface area (Å²) in [5, 5.41) is 0.878. The lowest BCUT2D eigenvalue weighted by molar-refractivity contribution is 1.23. The standard InChI is InChI=1S/C10H7N5S/c11-10-13-5-7-9(15-10)16-8(14-7)6-2-1-3-12-4-6/h1-5H,(H2,11,13,15). The van der Waals surface area contributed by atoms with Crippen molar-refractivity contribution in [2.24, 2.45) is 0 Å². The molecule has 0 aliphatic heterocycles. The molecule has 0 saturated heterocycles. The molecule has 0 bridgehead atoms. The summed E-state index contributed by atoms with van der Waals surface area (Å²) >= 11 is 1.48. The molecule has 3 aromatic heterocycles. The van der Waals surface area contributed by atoms with Gasteiger partial charge in [-0.1, -0.05) is 11.3 Å². The van der Waals surface area contributed by atoms with Crippen molar-refractivity contribution in [2.75, 3.05) is 5.73 Å². The Hall–Kier alpha value is -2.08. The van der Waals surface area contributed by atoms with E-state index in [2.05, 4.69) is 19.9 Å². The average Bonchev–Trinajstić information content (AvgIpc) is 2.73. The molecule has 78 valence electrons. The van der Waals surface area contributed by atoms with Crippen LogP contribution in [0.15, 0.2) is 30.7 Å². The first kappa shape index (κ1) is 9.17. The molecule has 0 unspecified atom stereocenters. The minimum absolute atomic E-state index is 0.272. The first-order valence-electron chi connectivity index (χ1n) is 4.62. The van der Waals surface area contributed by atoms with Crippen molar-refractivity contribution in [3.8, 4) is 10.6 Å². The van der Waals surface area contributed by atoms with E-state index in [1.54, 1.807) is 18.6 Å². The number of rotatable bonds is 1. The van der Waals surface area contributed by atoms with Crippen molar-refractivity contribution >= 4 is 27.6 Å². The summed E-state index contributed by atoms with van der Waals surface area (Å²) in [6.45, 7) is 0. The Balaban J connectivity index is 2.19. The summed E-state index contributed by atoms with van der Waals surface area (Å²) in [5.41, 5.74) is 7.25. The van der Waals surface area contributed by atoms with Crippen LogP contribution in [0, 0.1) is 0 Å². The van der Waals surface area contributed by atoms with Crippen molar-refractivity contribution < 1.29 is 0 Å². The number of nitrogen functional groups attached to an aromatic ring is 1. The Morgan fingerprint density at radius 3 is 2.94 bits per heavy atom. The topological polar surface area (TPSA) is 77.6 Å². The smallest absolute Gasteiger partial charge is 0.221 e. The Kier molecular flexibility index (Phi) is 2.00. The second kappa shape index (κ2) is 3.49. The molecule has 0 aliphatic carbocycles. The number of thiazole rings is 1. The molecule has 3 rings (SSSR count). The number of nitrogens with two attached hydrogens (primary N) is 1. The van der Waals surface area contributed by atoms with Crippen LogP contribution in [0.5, 0.6) is 0 Å². The zero-order chi connectivity index (χ0) is 11.0. The van der Waals surface area contributed by atoms with Gasteiger partial charge in [-0.3, -0.25) is 4.98 Å². The third kappa shape index (κ3) is 1.49. The van der Waals surface area contributed by atoms with Crippen molar-refractivity contribution in [2.45, 2.75) is 0 Å². The summed E-state index contributed by atoms with van der Waals surface area (Å²) in [4.78, 5) is 17.3. The third-order valence-electron chi connectivity index (χ3n) is 2.08. The van der Waals surface area contributed by atoms with Crippen LogP contribution >= 0.6 is 11.3 Å². The quantitative estimate of drug-likeness (QED) is 0.687. The molecule has 16 heavy (non-hydrogen) atoms. The number of hydrogen-bond acceptors (Lipinski definition) is 6. The van der Waals surface area contributed by atoms with Crippen LogP contribution in [-0.2, 0) is 0 Å². The van der Waals surface area contributed by atoms with Crippen LogP contribution in [-0.4, -0.2) is 19.9 Å². The minimum Gasteiger partial charge on any atom is -0.368 e. The van der Waals surface area contributed by atoms with E-state index in [4.69, 9.17) is 5.73 Å². The summed E-state index contributed by atoms with van der Waals surface area (Å²) in [6, 6.07) is 3.84. The van der Waals surface area contributed by atoms with E-state index in [0.717, 1.165) is 20.9 Å². The molecule has 0 atom stereocenters. The predicted octanol–water partition coefficient (Wildman–Crippen LogP) is 1.73. The van der Waals surface area contributed by atoms with Gasteiger partial charge in [0.15, 0.2) is 0 Å². The van der Waals surface area contributed by atoms with E-state index in [0.29, 0.717) is 0 Å². The monoisotopic (exact) mass is 229 g/mol. The van der Waals surface area contributed by atoms with Crippen LogP contribution in [0.4, 0.5) is 5.95 Å². The van der Waals surface area contributed by atoms with Gasteiger partial charge in [0.25, 0.3) is 0 Å². The number of aromatic nitrogens is 4. The molecule has 6 heteroatoms. The molecule has 0 radical (unpaired) electrons. The molecular weight excluding hydrogens is 222 g/mol. The highest BCUT2D eigenvalue weighted by atomic mass is 32.1. The fraction of sp³-hybridized carbons (Fsp3) is 0. The van der Waals surface area contributed by atoms with Gasteiger partial charge in [0.1, 0.15) is 15.4 Å². The van der Waals surface area contributed by atoms with Gasteiger partial charge in [-0.25, -0.2) is 15.0 Å². The maximum absolute atomic E-state index is 5.52. The van der Waals surface area contributed by atoms with Gasteiger partial charge in [-0.2, -0.15) is 0 Å². The Morgan fingerprint density at radius 1 is 1.19 bits per heavy atom. The number of pyridine rings is 1. The van der Waals surface area contributed by atoms with Gasteiger partial charge in [0.05, 0.1) is 6.20 Å². The van der Waals surface area contributed by atoms with E-state index in [1.807, 2.05) is 12.1 Å². The van der Waals surface area contributed by atoms with Gasteiger partial charge in [0.2, 0.25) is 5.95 Å². The van der Waals surface area contributed by atoms with Crippen LogP contribution in [0.3, 0.4) is 0 Å². The molecular formula is C10H7N5S. The normalized spacial score (nSPS) is 10.8. The SMILES string of the molecule is Nc1ncc2nc(-c3cccnc3)sc2n1. The highest BCUT2D eigenvalue weighted by Gasteiger charge is 2.07. The number of fused-ring (bicyclic) bond motifs is 1. The van der Waals surface area contributed by atoms with Crippen LogP contribution in [0.25, 0.3) is 20.9 Å². The van der Waals surface area contributed by atoms with Crippen LogP contribution in [0.2, 0.25) is 0 Å². The van der Waals surface area contributed by atoms with E-state index in [1.165, 1.54) is 11.3 Å². The molecule has 0 spiro atoms. The van der Waals surface area contributed by atoms with E-state index < -0.39 is 0 Å². The number of hydrogen-bond donors (Lipinski definition) is 1. The Labute approximate surface area is 95.0 Å². The fourth-order valence-electron chi connectivity index (χ4n) is 1.36. The molecule has 3 aromatic rings.